The monoisotopic (exact) mass is 437 g/mol. The second-order valence-corrected chi connectivity index (χ2v) is 9.41. The summed E-state index contributed by atoms with van der Waals surface area (Å²) in [7, 11) is -3.51. The van der Waals surface area contributed by atoms with E-state index >= 15 is 0 Å². The summed E-state index contributed by atoms with van der Waals surface area (Å²) in [5.74, 6) is -1.24. The normalized spacial score (nSPS) is 18.1. The number of hydrogen-bond acceptors (Lipinski definition) is 6. The van der Waals surface area contributed by atoms with Crippen LogP contribution in [0.4, 0.5) is 5.69 Å². The first-order valence-corrected chi connectivity index (χ1v) is 11.6. The molecule has 0 atom stereocenters. The lowest BCUT2D eigenvalue weighted by molar-refractivity contribution is -0.151. The van der Waals surface area contributed by atoms with Gasteiger partial charge in [-0.3, -0.25) is 14.4 Å². The van der Waals surface area contributed by atoms with Gasteiger partial charge < -0.3 is 15.0 Å². The van der Waals surface area contributed by atoms with Gasteiger partial charge in [0, 0.05) is 31.7 Å². The van der Waals surface area contributed by atoms with Gasteiger partial charge in [-0.15, -0.1) is 0 Å². The summed E-state index contributed by atoms with van der Waals surface area (Å²) in [6.07, 6.45) is 4.78. The van der Waals surface area contributed by atoms with Crippen LogP contribution in [-0.4, -0.2) is 68.2 Å². The molecule has 2 aliphatic rings. The zero-order valence-corrected chi connectivity index (χ0v) is 17.7. The van der Waals surface area contributed by atoms with Crippen LogP contribution in [0, 0.1) is 0 Å². The Balaban J connectivity index is 1.46. The molecule has 2 fully saturated rings. The molecule has 2 saturated heterocycles. The van der Waals surface area contributed by atoms with E-state index in [2.05, 4.69) is 5.32 Å². The van der Waals surface area contributed by atoms with E-state index in [1.807, 2.05) is 0 Å². The Morgan fingerprint density at radius 3 is 2.33 bits per heavy atom. The van der Waals surface area contributed by atoms with E-state index in [1.165, 1.54) is 33.5 Å². The lowest BCUT2D eigenvalue weighted by atomic mass is 10.2. The predicted octanol–water partition coefficient (Wildman–Crippen LogP) is 1.36. The van der Waals surface area contributed by atoms with Crippen LogP contribution in [-0.2, 0) is 29.1 Å². The van der Waals surface area contributed by atoms with Crippen LogP contribution in [0.5, 0.6) is 0 Å². The first kappa shape index (κ1) is 22.2. The number of carbonyl (C=O) groups is 3. The first-order valence-electron chi connectivity index (χ1n) is 10.2. The molecule has 30 heavy (non-hydrogen) atoms. The van der Waals surface area contributed by atoms with Gasteiger partial charge in [-0.1, -0.05) is 6.42 Å². The van der Waals surface area contributed by atoms with Crippen molar-refractivity contribution in [1.29, 1.82) is 0 Å². The van der Waals surface area contributed by atoms with Crippen molar-refractivity contribution >= 4 is 33.5 Å². The van der Waals surface area contributed by atoms with Gasteiger partial charge >= 0.3 is 5.97 Å². The number of sulfonamides is 1. The summed E-state index contributed by atoms with van der Waals surface area (Å²) in [4.78, 5) is 37.5. The number of likely N-dealkylation sites (tertiary alicyclic amines) is 1. The van der Waals surface area contributed by atoms with E-state index in [-0.39, 0.29) is 17.3 Å². The highest BCUT2D eigenvalue weighted by Gasteiger charge is 2.27. The lowest BCUT2D eigenvalue weighted by Gasteiger charge is -2.19. The minimum absolute atomic E-state index is 0.0714. The SMILES string of the molecule is O=C(COC(=O)CN1CCCCCC1=O)Nc1ccc(S(=O)(=O)N2CCCC2)cc1. The Morgan fingerprint density at radius 2 is 1.63 bits per heavy atom. The third-order valence-corrected chi connectivity index (χ3v) is 7.11. The molecule has 9 nitrogen and oxygen atoms in total. The maximum Gasteiger partial charge on any atom is 0.326 e. The van der Waals surface area contributed by atoms with Gasteiger partial charge in [0.15, 0.2) is 6.61 Å². The maximum atomic E-state index is 12.5. The molecule has 0 aromatic heterocycles. The van der Waals surface area contributed by atoms with Crippen LogP contribution in [0.25, 0.3) is 0 Å². The Labute approximate surface area is 176 Å². The fourth-order valence-corrected chi connectivity index (χ4v) is 5.06. The molecule has 1 N–H and O–H groups in total. The smallest absolute Gasteiger partial charge is 0.326 e. The molecule has 0 bridgehead atoms. The summed E-state index contributed by atoms with van der Waals surface area (Å²) in [6.45, 7) is 0.932. The number of esters is 1. The fraction of sp³-hybridized carbons (Fsp3) is 0.550. The highest BCUT2D eigenvalue weighted by molar-refractivity contribution is 7.89. The van der Waals surface area contributed by atoms with E-state index in [1.54, 1.807) is 0 Å². The first-order chi connectivity index (χ1) is 14.4. The Hall–Kier alpha value is -2.46. The highest BCUT2D eigenvalue weighted by atomic mass is 32.2. The molecule has 0 radical (unpaired) electrons. The van der Waals surface area contributed by atoms with E-state index in [0.29, 0.717) is 31.7 Å². The van der Waals surface area contributed by atoms with Gasteiger partial charge in [-0.25, -0.2) is 8.42 Å². The third-order valence-electron chi connectivity index (χ3n) is 5.20. The molecule has 2 aliphatic heterocycles. The standard InChI is InChI=1S/C20H27N3O6S/c24-18(15-29-20(26)14-22-11-3-1-2-6-19(22)25)21-16-7-9-17(10-8-16)30(27,28)23-12-4-5-13-23/h7-10H,1-6,11-15H2,(H,21,24). The summed E-state index contributed by atoms with van der Waals surface area (Å²) >= 11 is 0. The molecule has 0 unspecified atom stereocenters. The van der Waals surface area contributed by atoms with Crippen LogP contribution in [0.15, 0.2) is 29.2 Å². The third kappa shape index (κ3) is 5.79. The van der Waals surface area contributed by atoms with Crippen LogP contribution in [0.2, 0.25) is 0 Å². The topological polar surface area (TPSA) is 113 Å². The number of carbonyl (C=O) groups excluding carboxylic acids is 3. The molecule has 1 aromatic carbocycles. The summed E-state index contributed by atoms with van der Waals surface area (Å²) in [5, 5.41) is 2.56. The van der Waals surface area contributed by atoms with Crippen molar-refractivity contribution in [1.82, 2.24) is 9.21 Å². The number of amides is 2. The molecule has 3 rings (SSSR count). The van der Waals surface area contributed by atoms with E-state index < -0.39 is 28.5 Å². The molecule has 10 heteroatoms. The van der Waals surface area contributed by atoms with Crippen molar-refractivity contribution in [2.75, 3.05) is 38.1 Å². The number of nitrogens with one attached hydrogen (secondary N) is 1. The van der Waals surface area contributed by atoms with Crippen LogP contribution in [0.3, 0.4) is 0 Å². The van der Waals surface area contributed by atoms with Gasteiger partial charge in [0.05, 0.1) is 4.90 Å². The number of nitrogens with zero attached hydrogens (tertiary/aromatic N) is 2. The lowest BCUT2D eigenvalue weighted by Crippen LogP contribution is -2.36. The second-order valence-electron chi connectivity index (χ2n) is 7.47. The molecular formula is C20H27N3O6S. The van der Waals surface area contributed by atoms with Gasteiger partial charge in [-0.05, 0) is 49.9 Å². The minimum Gasteiger partial charge on any atom is -0.454 e. The van der Waals surface area contributed by atoms with E-state index in [4.69, 9.17) is 4.74 Å². The fourth-order valence-electron chi connectivity index (χ4n) is 3.54. The summed E-state index contributed by atoms with van der Waals surface area (Å²) in [5.41, 5.74) is 0.402. The number of ether oxygens (including phenoxy) is 1. The van der Waals surface area contributed by atoms with Crippen molar-refractivity contribution < 1.29 is 27.5 Å². The maximum absolute atomic E-state index is 12.5. The molecule has 164 valence electrons. The van der Waals surface area contributed by atoms with Gasteiger partial charge in [0.2, 0.25) is 15.9 Å². The Morgan fingerprint density at radius 1 is 0.967 bits per heavy atom. The van der Waals surface area contributed by atoms with Crippen molar-refractivity contribution in [3.8, 4) is 0 Å². The average Bonchev–Trinajstić information content (AvgIpc) is 3.20. The molecular weight excluding hydrogens is 410 g/mol. The van der Waals surface area contributed by atoms with Crippen molar-refractivity contribution in [2.45, 2.75) is 43.4 Å². The van der Waals surface area contributed by atoms with Crippen molar-refractivity contribution in [3.63, 3.8) is 0 Å². The zero-order chi connectivity index (χ0) is 21.6. The van der Waals surface area contributed by atoms with Gasteiger partial charge in [0.1, 0.15) is 6.54 Å². The van der Waals surface area contributed by atoms with E-state index in [0.717, 1.165) is 32.1 Å². The molecule has 0 saturated carbocycles. The zero-order valence-electron chi connectivity index (χ0n) is 16.8. The predicted molar refractivity (Wildman–Crippen MR) is 109 cm³/mol. The van der Waals surface area contributed by atoms with Crippen LogP contribution < -0.4 is 5.32 Å². The summed E-state index contributed by atoms with van der Waals surface area (Å²) in [6, 6.07) is 5.89. The molecule has 2 heterocycles. The highest BCUT2D eigenvalue weighted by Crippen LogP contribution is 2.22. The summed E-state index contributed by atoms with van der Waals surface area (Å²) < 4.78 is 31.4. The number of anilines is 1. The minimum atomic E-state index is -3.51. The Kier molecular flexibility index (Phi) is 7.43. The Bertz CT molecular complexity index is 878. The molecule has 0 aliphatic carbocycles. The number of hydrogen-bond donors (Lipinski definition) is 1. The molecule has 2 amide bonds. The molecule has 0 spiro atoms. The second kappa shape index (κ2) is 10.0. The quantitative estimate of drug-likeness (QED) is 0.645. The molecule has 1 aromatic rings. The number of rotatable bonds is 7. The van der Waals surface area contributed by atoms with Crippen LogP contribution >= 0.6 is 0 Å². The van der Waals surface area contributed by atoms with E-state index in [9.17, 15) is 22.8 Å². The van der Waals surface area contributed by atoms with Crippen molar-refractivity contribution in [3.05, 3.63) is 24.3 Å². The number of benzene rings is 1. The van der Waals surface area contributed by atoms with Gasteiger partial charge in [0.25, 0.3) is 5.91 Å². The van der Waals surface area contributed by atoms with Crippen molar-refractivity contribution in [2.24, 2.45) is 0 Å². The van der Waals surface area contributed by atoms with Gasteiger partial charge in [-0.2, -0.15) is 4.31 Å². The average molecular weight is 438 g/mol. The largest absolute Gasteiger partial charge is 0.454 e. The van der Waals surface area contributed by atoms with Crippen LogP contribution in [0.1, 0.15) is 38.5 Å².